The molecular weight excluding hydrogens is 461 g/mol. The fourth-order valence-corrected chi connectivity index (χ4v) is 4.92. The van der Waals surface area contributed by atoms with Crippen LogP contribution in [0.3, 0.4) is 0 Å². The van der Waals surface area contributed by atoms with E-state index in [0.717, 1.165) is 30.9 Å². The van der Waals surface area contributed by atoms with Crippen LogP contribution in [0.1, 0.15) is 62.0 Å². The molecule has 0 aliphatic heterocycles. The summed E-state index contributed by atoms with van der Waals surface area (Å²) in [5.74, 6) is -0.941. The van der Waals surface area contributed by atoms with Gasteiger partial charge >= 0.3 is 5.97 Å². The average Bonchev–Trinajstić information content (AvgIpc) is 3.21. The molecule has 1 atom stereocenters. The van der Waals surface area contributed by atoms with Crippen LogP contribution in [0.2, 0.25) is 0 Å². The minimum absolute atomic E-state index is 0.0379. The summed E-state index contributed by atoms with van der Waals surface area (Å²) in [6.07, 6.45) is 2.80. The topological polar surface area (TPSA) is 122 Å². The van der Waals surface area contributed by atoms with E-state index < -0.39 is 27.9 Å². The van der Waals surface area contributed by atoms with Crippen molar-refractivity contribution in [2.45, 2.75) is 62.3 Å². The van der Waals surface area contributed by atoms with Crippen LogP contribution in [0.25, 0.3) is 11.4 Å². The number of nitrogens with one attached hydrogen (secondary N) is 1. The van der Waals surface area contributed by atoms with Gasteiger partial charge in [-0.2, -0.15) is 9.71 Å². The summed E-state index contributed by atoms with van der Waals surface area (Å²) in [5, 5.41) is 13.5. The lowest BCUT2D eigenvalue weighted by Crippen LogP contribution is -2.42. The van der Waals surface area contributed by atoms with Crippen molar-refractivity contribution in [2.75, 3.05) is 0 Å². The van der Waals surface area contributed by atoms with E-state index in [1.54, 1.807) is 12.1 Å². The first-order valence-electron chi connectivity index (χ1n) is 11.1. The third-order valence-electron chi connectivity index (χ3n) is 6.06. The first-order valence-corrected chi connectivity index (χ1v) is 12.6. The van der Waals surface area contributed by atoms with Crippen molar-refractivity contribution in [3.63, 3.8) is 0 Å². The Morgan fingerprint density at radius 3 is 2.47 bits per heavy atom. The highest BCUT2D eigenvalue weighted by Crippen LogP contribution is 2.36. The van der Waals surface area contributed by atoms with Gasteiger partial charge in [-0.25, -0.2) is 12.8 Å². The van der Waals surface area contributed by atoms with Crippen molar-refractivity contribution >= 4 is 16.0 Å². The summed E-state index contributed by atoms with van der Waals surface area (Å²) in [6, 6.07) is 8.92. The highest BCUT2D eigenvalue weighted by Gasteiger charge is 2.28. The highest BCUT2D eigenvalue weighted by molar-refractivity contribution is 7.89. The monoisotopic (exact) mass is 487 g/mol. The number of carboxylic acids is 1. The molecular formula is C24H26FN3O5S. The number of aliphatic carboxylic acids is 1. The van der Waals surface area contributed by atoms with E-state index in [-0.39, 0.29) is 34.5 Å². The van der Waals surface area contributed by atoms with Crippen LogP contribution in [0.4, 0.5) is 4.39 Å². The van der Waals surface area contributed by atoms with Gasteiger partial charge in [0.25, 0.3) is 0 Å². The molecule has 1 saturated carbocycles. The molecule has 1 aliphatic carbocycles. The molecule has 1 heterocycles. The number of sulfonamides is 1. The second-order valence-electron chi connectivity index (χ2n) is 8.84. The standard InChI is InChI=1S/C24H26FN3O5S/c1-14(2)16-7-9-18(10-8-16)34(31,32)28-21(24(29)30)13-15-6-11-19(20(25)12-15)22-26-23(33-27-22)17-4-3-5-17/h6-12,14,17,21,28H,3-5,13H2,1-2H3,(H,29,30). The number of benzene rings is 2. The molecule has 10 heteroatoms. The zero-order valence-corrected chi connectivity index (χ0v) is 19.7. The summed E-state index contributed by atoms with van der Waals surface area (Å²) < 4.78 is 47.7. The molecule has 1 aliphatic rings. The number of hydrogen-bond acceptors (Lipinski definition) is 6. The van der Waals surface area contributed by atoms with Crippen molar-refractivity contribution in [1.29, 1.82) is 0 Å². The zero-order chi connectivity index (χ0) is 24.5. The number of halogens is 1. The Morgan fingerprint density at radius 1 is 1.21 bits per heavy atom. The number of carboxylic acid groups (broad SMARTS) is 1. The zero-order valence-electron chi connectivity index (χ0n) is 18.9. The van der Waals surface area contributed by atoms with Gasteiger partial charge in [0, 0.05) is 5.92 Å². The summed E-state index contributed by atoms with van der Waals surface area (Å²) in [5.41, 5.74) is 1.41. The minimum Gasteiger partial charge on any atom is -0.480 e. The molecule has 2 N–H and O–H groups in total. The molecule has 4 rings (SSSR count). The Labute approximate surface area is 197 Å². The summed E-state index contributed by atoms with van der Waals surface area (Å²) in [7, 11) is -4.09. The second-order valence-corrected chi connectivity index (χ2v) is 10.6. The molecule has 180 valence electrons. The van der Waals surface area contributed by atoms with Gasteiger partial charge in [-0.05, 0) is 60.6 Å². The van der Waals surface area contributed by atoms with Crippen molar-refractivity contribution < 1.29 is 27.2 Å². The number of carbonyl (C=O) groups is 1. The number of rotatable bonds is 9. The number of hydrogen-bond donors (Lipinski definition) is 2. The lowest BCUT2D eigenvalue weighted by molar-refractivity contribution is -0.138. The van der Waals surface area contributed by atoms with Gasteiger partial charge in [-0.15, -0.1) is 0 Å². The molecule has 1 fully saturated rings. The van der Waals surface area contributed by atoms with Crippen molar-refractivity contribution in [2.24, 2.45) is 0 Å². The predicted molar refractivity (Wildman–Crippen MR) is 122 cm³/mol. The van der Waals surface area contributed by atoms with E-state index in [4.69, 9.17) is 4.52 Å². The van der Waals surface area contributed by atoms with Gasteiger partial charge < -0.3 is 9.63 Å². The fraction of sp³-hybridized carbons (Fsp3) is 0.375. The molecule has 0 bridgehead atoms. The van der Waals surface area contributed by atoms with Crippen molar-refractivity contribution in [3.8, 4) is 11.4 Å². The van der Waals surface area contributed by atoms with Gasteiger partial charge in [0.1, 0.15) is 11.9 Å². The molecule has 0 spiro atoms. The maximum Gasteiger partial charge on any atom is 0.322 e. The van der Waals surface area contributed by atoms with Crippen LogP contribution < -0.4 is 4.72 Å². The van der Waals surface area contributed by atoms with Crippen LogP contribution in [0.5, 0.6) is 0 Å². The molecule has 1 unspecified atom stereocenters. The second kappa shape index (κ2) is 9.63. The Bertz CT molecular complexity index is 1280. The van der Waals surface area contributed by atoms with E-state index in [2.05, 4.69) is 14.9 Å². The lowest BCUT2D eigenvalue weighted by Gasteiger charge is -2.20. The normalized spacial score (nSPS) is 15.3. The first-order chi connectivity index (χ1) is 16.1. The van der Waals surface area contributed by atoms with Crippen molar-refractivity contribution in [1.82, 2.24) is 14.9 Å². The van der Waals surface area contributed by atoms with Gasteiger partial charge in [-0.1, -0.05) is 43.6 Å². The molecule has 34 heavy (non-hydrogen) atoms. The fourth-order valence-electron chi connectivity index (χ4n) is 3.73. The van der Waals surface area contributed by atoms with Gasteiger partial charge in [-0.3, -0.25) is 4.79 Å². The Morgan fingerprint density at radius 2 is 1.91 bits per heavy atom. The van der Waals surface area contributed by atoms with E-state index in [1.165, 1.54) is 24.3 Å². The van der Waals surface area contributed by atoms with Gasteiger partial charge in [0.05, 0.1) is 10.5 Å². The van der Waals surface area contributed by atoms with E-state index in [9.17, 15) is 22.7 Å². The summed E-state index contributed by atoms with van der Waals surface area (Å²) in [6.45, 7) is 3.97. The largest absolute Gasteiger partial charge is 0.480 e. The van der Waals surface area contributed by atoms with Crippen LogP contribution in [0.15, 0.2) is 51.9 Å². The average molecular weight is 488 g/mol. The van der Waals surface area contributed by atoms with Gasteiger partial charge in [0.15, 0.2) is 0 Å². The highest BCUT2D eigenvalue weighted by atomic mass is 32.2. The number of nitrogens with zero attached hydrogens (tertiary/aromatic N) is 2. The van der Waals surface area contributed by atoms with E-state index >= 15 is 0 Å². The first kappa shape index (κ1) is 24.0. The SMILES string of the molecule is CC(C)c1ccc(S(=O)(=O)NC(Cc2ccc(-c3noc(C4CCC4)n3)c(F)c2)C(=O)O)cc1. The Hall–Kier alpha value is -3.11. The smallest absolute Gasteiger partial charge is 0.322 e. The summed E-state index contributed by atoms with van der Waals surface area (Å²) >= 11 is 0. The summed E-state index contributed by atoms with van der Waals surface area (Å²) in [4.78, 5) is 16.0. The molecule has 0 amide bonds. The van der Waals surface area contributed by atoms with E-state index in [0.29, 0.717) is 11.5 Å². The van der Waals surface area contributed by atoms with E-state index in [1.807, 2.05) is 13.8 Å². The van der Waals surface area contributed by atoms with Crippen molar-refractivity contribution in [3.05, 3.63) is 65.3 Å². The maximum atomic E-state index is 14.8. The van der Waals surface area contributed by atoms with Gasteiger partial charge in [0.2, 0.25) is 21.7 Å². The minimum atomic E-state index is -4.09. The molecule has 2 aromatic carbocycles. The van der Waals surface area contributed by atoms with Crippen LogP contribution in [-0.4, -0.2) is 35.7 Å². The van der Waals surface area contributed by atoms with Crippen LogP contribution >= 0.6 is 0 Å². The maximum absolute atomic E-state index is 14.8. The lowest BCUT2D eigenvalue weighted by atomic mass is 9.85. The van der Waals surface area contributed by atoms with Crippen LogP contribution in [-0.2, 0) is 21.2 Å². The van der Waals surface area contributed by atoms with Crippen LogP contribution in [0, 0.1) is 5.82 Å². The predicted octanol–water partition coefficient (Wildman–Crippen LogP) is 4.24. The quantitative estimate of drug-likeness (QED) is 0.463. The third kappa shape index (κ3) is 5.18. The number of aromatic nitrogens is 2. The molecule has 0 radical (unpaired) electrons. The molecule has 8 nitrogen and oxygen atoms in total. The third-order valence-corrected chi connectivity index (χ3v) is 7.55. The Kier molecular flexibility index (Phi) is 6.81. The molecule has 3 aromatic rings. The molecule has 1 aromatic heterocycles. The Balaban J connectivity index is 1.49. The molecule has 0 saturated heterocycles.